The molecule has 0 unspecified atom stereocenters. The van der Waals surface area contributed by atoms with Crippen LogP contribution in [-0.2, 0) is 11.2 Å². The van der Waals surface area contributed by atoms with E-state index >= 15 is 0 Å². The molecule has 19 heavy (non-hydrogen) atoms. The highest BCUT2D eigenvalue weighted by molar-refractivity contribution is 5.81. The van der Waals surface area contributed by atoms with Crippen molar-refractivity contribution < 1.29 is 4.79 Å². The van der Waals surface area contributed by atoms with Crippen LogP contribution in [0, 0.1) is 11.3 Å². The Labute approximate surface area is 115 Å². The van der Waals surface area contributed by atoms with Gasteiger partial charge in [-0.2, -0.15) is 0 Å². The average molecular weight is 260 g/mol. The Balaban J connectivity index is 2.06. The zero-order valence-electron chi connectivity index (χ0n) is 12.3. The maximum absolute atomic E-state index is 11.8. The van der Waals surface area contributed by atoms with Crippen molar-refractivity contribution in [1.82, 2.24) is 10.6 Å². The van der Waals surface area contributed by atoms with Gasteiger partial charge in [-0.3, -0.25) is 4.79 Å². The minimum absolute atomic E-state index is 0.0823. The topological polar surface area (TPSA) is 41.1 Å². The van der Waals surface area contributed by atoms with Gasteiger partial charge in [0.05, 0.1) is 5.41 Å². The van der Waals surface area contributed by atoms with Crippen LogP contribution in [0.4, 0.5) is 0 Å². The highest BCUT2D eigenvalue weighted by Gasteiger charge is 2.32. The van der Waals surface area contributed by atoms with Crippen molar-refractivity contribution >= 4 is 5.91 Å². The fraction of sp³-hybridized carbons (Fsp3) is 0.562. The Morgan fingerprint density at radius 2 is 2.05 bits per heavy atom. The lowest BCUT2D eigenvalue weighted by molar-refractivity contribution is -0.128. The van der Waals surface area contributed by atoms with Crippen LogP contribution in [-0.4, -0.2) is 19.5 Å². The predicted octanol–water partition coefficient (Wildman–Crippen LogP) is 2.28. The van der Waals surface area contributed by atoms with Crippen molar-refractivity contribution in [1.29, 1.82) is 0 Å². The monoisotopic (exact) mass is 260 g/mol. The molecule has 104 valence electrons. The molecule has 2 atom stereocenters. The predicted molar refractivity (Wildman–Crippen MR) is 77.9 cm³/mol. The molecule has 1 amide bonds. The minimum Gasteiger partial charge on any atom is -0.359 e. The molecule has 2 rings (SSSR count). The van der Waals surface area contributed by atoms with Crippen molar-refractivity contribution in [2.75, 3.05) is 13.6 Å². The van der Waals surface area contributed by atoms with Crippen LogP contribution in [0.15, 0.2) is 24.3 Å². The average Bonchev–Trinajstić information content (AvgIpc) is 2.71. The van der Waals surface area contributed by atoms with Gasteiger partial charge in [-0.15, -0.1) is 0 Å². The van der Waals surface area contributed by atoms with Gasteiger partial charge >= 0.3 is 0 Å². The first kappa shape index (κ1) is 14.1. The van der Waals surface area contributed by atoms with Crippen LogP contribution >= 0.6 is 0 Å². The number of hydrogen-bond donors (Lipinski definition) is 2. The van der Waals surface area contributed by atoms with E-state index in [1.54, 1.807) is 7.05 Å². The lowest BCUT2D eigenvalue weighted by Crippen LogP contribution is -2.43. The smallest absolute Gasteiger partial charge is 0.226 e. The van der Waals surface area contributed by atoms with Crippen LogP contribution in [0.25, 0.3) is 0 Å². The Bertz CT molecular complexity index is 468. The molecule has 3 heteroatoms. The molecule has 1 aromatic carbocycles. The molecule has 0 saturated heterocycles. The minimum atomic E-state index is -0.383. The van der Waals surface area contributed by atoms with Gasteiger partial charge in [-0.05, 0) is 37.3 Å². The normalized spacial score (nSPS) is 22.1. The molecule has 0 radical (unpaired) electrons. The molecule has 0 aliphatic heterocycles. The second-order valence-corrected chi connectivity index (χ2v) is 6.20. The summed E-state index contributed by atoms with van der Waals surface area (Å²) in [6, 6.07) is 8.96. The number of fused-ring (bicyclic) bond motifs is 1. The number of hydrogen-bond acceptors (Lipinski definition) is 2. The summed E-state index contributed by atoms with van der Waals surface area (Å²) >= 11 is 0. The van der Waals surface area contributed by atoms with Gasteiger partial charge in [-0.1, -0.05) is 31.2 Å². The van der Waals surface area contributed by atoms with E-state index in [9.17, 15) is 4.79 Å². The van der Waals surface area contributed by atoms with Crippen molar-refractivity contribution in [2.24, 2.45) is 11.3 Å². The molecule has 2 N–H and O–H groups in total. The van der Waals surface area contributed by atoms with Gasteiger partial charge in [0.2, 0.25) is 5.91 Å². The quantitative estimate of drug-likeness (QED) is 0.872. The molecule has 0 bridgehead atoms. The van der Waals surface area contributed by atoms with Crippen LogP contribution in [0.5, 0.6) is 0 Å². The fourth-order valence-electron chi connectivity index (χ4n) is 2.89. The number of rotatable bonds is 4. The van der Waals surface area contributed by atoms with E-state index in [-0.39, 0.29) is 11.3 Å². The van der Waals surface area contributed by atoms with Crippen LogP contribution in [0.1, 0.15) is 37.9 Å². The van der Waals surface area contributed by atoms with Gasteiger partial charge in [-0.25, -0.2) is 0 Å². The van der Waals surface area contributed by atoms with E-state index < -0.39 is 0 Å². The summed E-state index contributed by atoms with van der Waals surface area (Å²) in [5, 5.41) is 6.31. The number of carbonyl (C=O) groups is 1. The molecule has 1 aromatic rings. The summed E-state index contributed by atoms with van der Waals surface area (Å²) in [4.78, 5) is 11.8. The Morgan fingerprint density at radius 3 is 2.74 bits per heavy atom. The number of nitrogens with one attached hydrogen (secondary N) is 2. The van der Waals surface area contributed by atoms with Crippen LogP contribution in [0.2, 0.25) is 0 Å². The van der Waals surface area contributed by atoms with Crippen molar-refractivity contribution in [3.8, 4) is 0 Å². The molecule has 3 nitrogen and oxygen atoms in total. The van der Waals surface area contributed by atoms with Gasteiger partial charge in [0.25, 0.3) is 0 Å². The molecule has 0 saturated carbocycles. The molecular weight excluding hydrogens is 236 g/mol. The standard InChI is InChI=1S/C16H24N2O/c1-11-9-12-7-5-6-8-13(12)14(11)18-10-16(2,3)15(19)17-4/h5-8,11,14,18H,9-10H2,1-4H3,(H,17,19)/t11-,14+/m0/s1. The van der Waals surface area contributed by atoms with E-state index in [1.165, 1.54) is 11.1 Å². The third-order valence-electron chi connectivity index (χ3n) is 4.11. The van der Waals surface area contributed by atoms with Crippen LogP contribution in [0.3, 0.4) is 0 Å². The van der Waals surface area contributed by atoms with Gasteiger partial charge in [0.1, 0.15) is 0 Å². The van der Waals surface area contributed by atoms with Gasteiger partial charge in [0, 0.05) is 19.6 Å². The van der Waals surface area contributed by atoms with E-state index in [4.69, 9.17) is 0 Å². The molecule has 1 aliphatic rings. The molecule has 1 aliphatic carbocycles. The molecule has 0 aromatic heterocycles. The second-order valence-electron chi connectivity index (χ2n) is 6.20. The van der Waals surface area contributed by atoms with E-state index in [0.29, 0.717) is 18.5 Å². The number of amides is 1. The van der Waals surface area contributed by atoms with Gasteiger partial charge in [0.15, 0.2) is 0 Å². The maximum Gasteiger partial charge on any atom is 0.226 e. The Morgan fingerprint density at radius 1 is 1.37 bits per heavy atom. The highest BCUT2D eigenvalue weighted by Crippen LogP contribution is 2.36. The largest absolute Gasteiger partial charge is 0.359 e. The molecule has 0 heterocycles. The first-order valence-corrected chi connectivity index (χ1v) is 6.99. The SMILES string of the molecule is CNC(=O)C(C)(C)CN[C@H]1c2ccccc2C[C@@H]1C. The third kappa shape index (κ3) is 2.81. The summed E-state index contributed by atoms with van der Waals surface area (Å²) in [5.41, 5.74) is 2.44. The summed E-state index contributed by atoms with van der Waals surface area (Å²) in [6.45, 7) is 6.91. The summed E-state index contributed by atoms with van der Waals surface area (Å²) in [7, 11) is 1.69. The molecule has 0 fully saturated rings. The van der Waals surface area contributed by atoms with E-state index in [2.05, 4.69) is 41.8 Å². The van der Waals surface area contributed by atoms with E-state index in [1.807, 2.05) is 13.8 Å². The third-order valence-corrected chi connectivity index (χ3v) is 4.11. The maximum atomic E-state index is 11.8. The van der Waals surface area contributed by atoms with Crippen molar-refractivity contribution in [2.45, 2.75) is 33.2 Å². The lowest BCUT2D eigenvalue weighted by Gasteiger charge is -2.27. The van der Waals surface area contributed by atoms with Crippen LogP contribution < -0.4 is 10.6 Å². The Hall–Kier alpha value is -1.35. The fourth-order valence-corrected chi connectivity index (χ4v) is 2.89. The van der Waals surface area contributed by atoms with E-state index in [0.717, 1.165) is 6.42 Å². The lowest BCUT2D eigenvalue weighted by atomic mass is 9.91. The zero-order valence-corrected chi connectivity index (χ0v) is 12.3. The molecule has 0 spiro atoms. The first-order chi connectivity index (χ1) is 8.95. The summed E-state index contributed by atoms with van der Waals surface area (Å²) < 4.78 is 0. The summed E-state index contributed by atoms with van der Waals surface area (Å²) in [5.74, 6) is 0.664. The summed E-state index contributed by atoms with van der Waals surface area (Å²) in [6.07, 6.45) is 1.12. The second kappa shape index (κ2) is 5.33. The Kier molecular flexibility index (Phi) is 3.95. The molecular formula is C16H24N2O. The van der Waals surface area contributed by atoms with Gasteiger partial charge < -0.3 is 10.6 Å². The zero-order chi connectivity index (χ0) is 14.0. The number of benzene rings is 1. The van der Waals surface area contributed by atoms with Crippen molar-refractivity contribution in [3.63, 3.8) is 0 Å². The first-order valence-electron chi connectivity index (χ1n) is 6.99. The number of carbonyl (C=O) groups excluding carboxylic acids is 1. The highest BCUT2D eigenvalue weighted by atomic mass is 16.2. The van der Waals surface area contributed by atoms with Crippen molar-refractivity contribution in [3.05, 3.63) is 35.4 Å².